The van der Waals surface area contributed by atoms with Gasteiger partial charge in [0.25, 0.3) is 0 Å². The highest BCUT2D eigenvalue weighted by atomic mass is 16.3. The Balaban J connectivity index is 1.31. The van der Waals surface area contributed by atoms with Gasteiger partial charge in [-0.15, -0.1) is 0 Å². The number of piperazine rings is 1. The second kappa shape index (κ2) is 8.03. The van der Waals surface area contributed by atoms with Gasteiger partial charge in [0.1, 0.15) is 0 Å². The fourth-order valence-electron chi connectivity index (χ4n) is 5.92. The van der Waals surface area contributed by atoms with Crippen molar-refractivity contribution in [2.45, 2.75) is 51.8 Å². The van der Waals surface area contributed by atoms with Crippen LogP contribution < -0.4 is 0 Å². The summed E-state index contributed by atoms with van der Waals surface area (Å²) in [6.45, 7) is 13.7. The summed E-state index contributed by atoms with van der Waals surface area (Å²) >= 11 is 0. The lowest BCUT2D eigenvalue weighted by Crippen LogP contribution is -2.51. The standard InChI is InChI=1S/C24H36N4O/c1-3-25-9-11-26(12-10-25)16-19(29)17-27-13-14-28-22-8-7-18(2)15-21(22)20-5-4-6-23(27)24(20)28/h7-8,15,19,23,29H,3-6,9-14,16-17H2,1-2H3/t19-,23-/m1/s1. The molecule has 2 aliphatic heterocycles. The minimum absolute atomic E-state index is 0.258. The summed E-state index contributed by atoms with van der Waals surface area (Å²) in [5, 5.41) is 12.4. The number of hydrogen-bond acceptors (Lipinski definition) is 4. The summed E-state index contributed by atoms with van der Waals surface area (Å²) in [6, 6.07) is 7.43. The monoisotopic (exact) mass is 396 g/mol. The van der Waals surface area contributed by atoms with Crippen molar-refractivity contribution in [3.63, 3.8) is 0 Å². The quantitative estimate of drug-likeness (QED) is 0.843. The van der Waals surface area contributed by atoms with Crippen LogP contribution in [0.5, 0.6) is 0 Å². The van der Waals surface area contributed by atoms with Crippen molar-refractivity contribution in [1.82, 2.24) is 19.3 Å². The van der Waals surface area contributed by atoms with E-state index in [1.54, 1.807) is 11.3 Å². The Hall–Kier alpha value is -1.40. The van der Waals surface area contributed by atoms with Crippen LogP contribution in [-0.2, 0) is 13.0 Å². The maximum absolute atomic E-state index is 10.9. The van der Waals surface area contributed by atoms with Crippen LogP contribution in [0.4, 0.5) is 0 Å². The fourth-order valence-corrected chi connectivity index (χ4v) is 5.92. The van der Waals surface area contributed by atoms with Gasteiger partial charge in [-0.2, -0.15) is 0 Å². The molecular weight excluding hydrogens is 360 g/mol. The summed E-state index contributed by atoms with van der Waals surface area (Å²) in [7, 11) is 0. The SMILES string of the molecule is CCN1CCN(C[C@@H](O)CN2CCn3c4c(c5cc(C)ccc53)CCC[C@H]42)CC1. The van der Waals surface area contributed by atoms with Gasteiger partial charge < -0.3 is 14.6 Å². The zero-order chi connectivity index (χ0) is 20.0. The van der Waals surface area contributed by atoms with Crippen molar-refractivity contribution < 1.29 is 5.11 Å². The molecule has 0 radical (unpaired) electrons. The molecule has 3 aliphatic rings. The highest BCUT2D eigenvalue weighted by molar-refractivity contribution is 5.87. The predicted molar refractivity (Wildman–Crippen MR) is 118 cm³/mol. The van der Waals surface area contributed by atoms with E-state index in [2.05, 4.69) is 51.3 Å². The van der Waals surface area contributed by atoms with E-state index < -0.39 is 0 Å². The van der Waals surface area contributed by atoms with Gasteiger partial charge >= 0.3 is 0 Å². The average molecular weight is 397 g/mol. The number of hydrogen-bond donors (Lipinski definition) is 1. The van der Waals surface area contributed by atoms with Gasteiger partial charge in [-0.1, -0.05) is 18.6 Å². The van der Waals surface area contributed by atoms with Crippen LogP contribution >= 0.6 is 0 Å². The molecule has 1 N–H and O–H groups in total. The summed E-state index contributed by atoms with van der Waals surface area (Å²) < 4.78 is 2.58. The van der Waals surface area contributed by atoms with Gasteiger partial charge in [0.2, 0.25) is 0 Å². The lowest BCUT2D eigenvalue weighted by molar-refractivity contribution is 0.0296. The van der Waals surface area contributed by atoms with Crippen molar-refractivity contribution in [3.05, 3.63) is 35.0 Å². The first-order valence-electron chi connectivity index (χ1n) is 11.6. The van der Waals surface area contributed by atoms with Crippen LogP contribution in [0.1, 0.15) is 42.6 Å². The number of fused-ring (bicyclic) bond motifs is 3. The van der Waals surface area contributed by atoms with Crippen LogP contribution in [0.15, 0.2) is 18.2 Å². The highest BCUT2D eigenvalue weighted by Gasteiger charge is 2.35. The molecule has 0 bridgehead atoms. The minimum Gasteiger partial charge on any atom is -0.390 e. The lowest BCUT2D eigenvalue weighted by atomic mass is 9.89. The van der Waals surface area contributed by atoms with Gasteiger partial charge in [0, 0.05) is 69.0 Å². The molecule has 2 aromatic rings. The molecule has 0 unspecified atom stereocenters. The Morgan fingerprint density at radius 2 is 1.83 bits per heavy atom. The van der Waals surface area contributed by atoms with E-state index in [4.69, 9.17) is 0 Å². The molecule has 2 atom stereocenters. The van der Waals surface area contributed by atoms with Gasteiger partial charge in [-0.3, -0.25) is 9.80 Å². The molecule has 1 fully saturated rings. The number of aromatic nitrogens is 1. The first kappa shape index (κ1) is 19.6. The molecule has 158 valence electrons. The van der Waals surface area contributed by atoms with E-state index in [1.807, 2.05) is 0 Å². The third-order valence-corrected chi connectivity index (χ3v) is 7.47. The normalized spacial score (nSPS) is 24.7. The Morgan fingerprint density at radius 1 is 1.03 bits per heavy atom. The molecule has 1 saturated heterocycles. The van der Waals surface area contributed by atoms with Gasteiger partial charge in [0.15, 0.2) is 0 Å². The van der Waals surface area contributed by atoms with Gasteiger partial charge in [-0.05, 0) is 50.4 Å². The van der Waals surface area contributed by atoms with E-state index in [1.165, 1.54) is 35.7 Å². The second-order valence-electron chi connectivity index (χ2n) is 9.33. The zero-order valence-electron chi connectivity index (χ0n) is 18.1. The number of nitrogens with zero attached hydrogens (tertiary/aromatic N) is 4. The third kappa shape index (κ3) is 3.63. The van der Waals surface area contributed by atoms with E-state index in [0.29, 0.717) is 6.04 Å². The summed E-state index contributed by atoms with van der Waals surface area (Å²) in [6.07, 6.45) is 3.43. The Labute approximate surface area is 174 Å². The minimum atomic E-state index is -0.258. The molecule has 1 aromatic heterocycles. The maximum atomic E-state index is 10.9. The highest BCUT2D eigenvalue weighted by Crippen LogP contribution is 2.42. The van der Waals surface area contributed by atoms with E-state index in [-0.39, 0.29) is 6.10 Å². The number of rotatable bonds is 5. The van der Waals surface area contributed by atoms with Crippen LogP contribution in [-0.4, -0.2) is 82.8 Å². The first-order valence-corrected chi connectivity index (χ1v) is 11.6. The van der Waals surface area contributed by atoms with Crippen LogP contribution in [0, 0.1) is 6.92 Å². The van der Waals surface area contributed by atoms with Gasteiger partial charge in [-0.25, -0.2) is 0 Å². The number of likely N-dealkylation sites (N-methyl/N-ethyl adjacent to an activating group) is 1. The average Bonchev–Trinajstić information content (AvgIpc) is 3.05. The van der Waals surface area contributed by atoms with E-state index in [9.17, 15) is 5.11 Å². The smallest absolute Gasteiger partial charge is 0.0794 e. The first-order chi connectivity index (χ1) is 14.1. The lowest BCUT2D eigenvalue weighted by Gasteiger charge is -2.41. The third-order valence-electron chi connectivity index (χ3n) is 7.47. The van der Waals surface area contributed by atoms with Crippen LogP contribution in [0.2, 0.25) is 0 Å². The van der Waals surface area contributed by atoms with Gasteiger partial charge in [0.05, 0.1) is 12.1 Å². The van der Waals surface area contributed by atoms with Crippen molar-refractivity contribution in [2.24, 2.45) is 0 Å². The second-order valence-corrected chi connectivity index (χ2v) is 9.33. The van der Waals surface area contributed by atoms with E-state index >= 15 is 0 Å². The van der Waals surface area contributed by atoms with E-state index in [0.717, 1.165) is 58.9 Å². The summed E-state index contributed by atoms with van der Waals surface area (Å²) in [5.41, 5.74) is 5.90. The maximum Gasteiger partial charge on any atom is 0.0794 e. The molecular formula is C24H36N4O. The van der Waals surface area contributed by atoms with Crippen LogP contribution in [0.3, 0.4) is 0 Å². The number of β-amino-alcohol motifs (C(OH)–C–C–N with tert-alkyl or cyclic N) is 1. The topological polar surface area (TPSA) is 34.9 Å². The molecule has 1 aromatic carbocycles. The number of benzene rings is 1. The predicted octanol–water partition coefficient (Wildman–Crippen LogP) is 2.64. The number of aryl methyl sites for hydroxylation is 2. The van der Waals surface area contributed by atoms with Crippen molar-refractivity contribution in [2.75, 3.05) is 52.4 Å². The van der Waals surface area contributed by atoms with Crippen molar-refractivity contribution >= 4 is 10.9 Å². The number of aliphatic hydroxyl groups excluding tert-OH is 1. The summed E-state index contributed by atoms with van der Waals surface area (Å²) in [4.78, 5) is 7.53. The molecule has 29 heavy (non-hydrogen) atoms. The largest absolute Gasteiger partial charge is 0.390 e. The van der Waals surface area contributed by atoms with Crippen molar-refractivity contribution in [3.8, 4) is 0 Å². The number of aliphatic hydroxyl groups is 1. The molecule has 1 aliphatic carbocycles. The molecule has 0 spiro atoms. The Kier molecular flexibility index (Phi) is 5.41. The molecule has 0 amide bonds. The summed E-state index contributed by atoms with van der Waals surface area (Å²) in [5.74, 6) is 0. The molecule has 5 rings (SSSR count). The molecule has 3 heterocycles. The Bertz CT molecular complexity index is 867. The van der Waals surface area contributed by atoms with Crippen LogP contribution in [0.25, 0.3) is 10.9 Å². The zero-order valence-corrected chi connectivity index (χ0v) is 18.1. The van der Waals surface area contributed by atoms with Crippen molar-refractivity contribution in [1.29, 1.82) is 0 Å². The Morgan fingerprint density at radius 3 is 2.62 bits per heavy atom. The molecule has 5 heteroatoms. The molecule has 5 nitrogen and oxygen atoms in total. The fraction of sp³-hybridized carbons (Fsp3) is 0.667. The molecule has 0 saturated carbocycles.